The van der Waals surface area contributed by atoms with E-state index in [-0.39, 0.29) is 23.8 Å². The van der Waals surface area contributed by atoms with E-state index >= 15 is 0 Å². The molecule has 0 atom stereocenters. The molecule has 7 heteroatoms. The van der Waals surface area contributed by atoms with E-state index < -0.39 is 0 Å². The first-order chi connectivity index (χ1) is 16.1. The van der Waals surface area contributed by atoms with Gasteiger partial charge in [0.1, 0.15) is 17.6 Å². The van der Waals surface area contributed by atoms with Crippen molar-refractivity contribution in [1.82, 2.24) is 15.2 Å². The molecule has 2 N–H and O–H groups in total. The highest BCUT2D eigenvalue weighted by molar-refractivity contribution is 5.97. The highest BCUT2D eigenvalue weighted by Gasteiger charge is 2.35. The number of methoxy groups -OCH3 is 1. The van der Waals surface area contributed by atoms with Crippen LogP contribution >= 0.6 is 0 Å². The lowest BCUT2D eigenvalue weighted by Crippen LogP contribution is -2.42. The van der Waals surface area contributed by atoms with Crippen LogP contribution in [0.5, 0.6) is 11.5 Å². The highest BCUT2D eigenvalue weighted by atomic mass is 16.5. The van der Waals surface area contributed by atoms with Crippen LogP contribution in [0.15, 0.2) is 48.7 Å². The second-order valence-corrected chi connectivity index (χ2v) is 8.82. The number of rotatable bonds is 7. The first-order valence-corrected chi connectivity index (χ1v) is 11.6. The van der Waals surface area contributed by atoms with Gasteiger partial charge in [-0.25, -0.2) is 0 Å². The zero-order valence-electron chi connectivity index (χ0n) is 18.8. The normalized spacial score (nSPS) is 16.6. The average Bonchev–Trinajstić information content (AvgIpc) is 3.59. The van der Waals surface area contributed by atoms with Gasteiger partial charge in [0.15, 0.2) is 0 Å². The summed E-state index contributed by atoms with van der Waals surface area (Å²) in [5.74, 6) is 1.47. The molecule has 0 radical (unpaired) electrons. The van der Waals surface area contributed by atoms with Crippen LogP contribution in [0.2, 0.25) is 0 Å². The number of fused-ring (bicyclic) bond motifs is 1. The Labute approximate surface area is 193 Å². The first-order valence-electron chi connectivity index (χ1n) is 11.6. The van der Waals surface area contributed by atoms with Crippen molar-refractivity contribution in [2.45, 2.75) is 38.3 Å². The number of ether oxygens (including phenoxy) is 2. The van der Waals surface area contributed by atoms with E-state index in [0.717, 1.165) is 42.1 Å². The SMILES string of the molecule is COc1ccc(OC2CCN(C(=O)C3CC3)CC2)c(C(=O)NCc2cccc3[nH]ccc23)c1. The van der Waals surface area contributed by atoms with Gasteiger partial charge in [0.2, 0.25) is 5.91 Å². The fraction of sp³-hybridized carbons (Fsp3) is 0.385. The van der Waals surface area contributed by atoms with Crippen LogP contribution in [-0.4, -0.2) is 48.0 Å². The molecule has 3 aromatic rings. The van der Waals surface area contributed by atoms with Crippen LogP contribution < -0.4 is 14.8 Å². The number of aromatic nitrogens is 1. The van der Waals surface area contributed by atoms with Crippen LogP contribution in [0.1, 0.15) is 41.6 Å². The predicted molar refractivity (Wildman–Crippen MR) is 125 cm³/mol. The summed E-state index contributed by atoms with van der Waals surface area (Å²) in [4.78, 5) is 30.6. The van der Waals surface area contributed by atoms with Crippen LogP contribution in [0.4, 0.5) is 0 Å². The third-order valence-corrected chi connectivity index (χ3v) is 6.53. The molecule has 2 aromatic carbocycles. The molecule has 33 heavy (non-hydrogen) atoms. The van der Waals surface area contributed by atoms with E-state index in [1.54, 1.807) is 25.3 Å². The van der Waals surface area contributed by atoms with E-state index in [0.29, 0.717) is 36.7 Å². The van der Waals surface area contributed by atoms with Gasteiger partial charge in [0.05, 0.1) is 12.7 Å². The molecule has 7 nitrogen and oxygen atoms in total. The van der Waals surface area contributed by atoms with Gasteiger partial charge in [-0.1, -0.05) is 12.1 Å². The van der Waals surface area contributed by atoms with Crippen molar-refractivity contribution in [1.29, 1.82) is 0 Å². The quantitative estimate of drug-likeness (QED) is 0.576. The molecule has 2 fully saturated rings. The van der Waals surface area contributed by atoms with Crippen LogP contribution in [0, 0.1) is 5.92 Å². The minimum atomic E-state index is -0.210. The first kappa shape index (κ1) is 21.4. The number of aromatic amines is 1. The van der Waals surface area contributed by atoms with Crippen molar-refractivity contribution in [2.75, 3.05) is 20.2 Å². The van der Waals surface area contributed by atoms with Crippen molar-refractivity contribution >= 4 is 22.7 Å². The van der Waals surface area contributed by atoms with E-state index in [1.807, 2.05) is 35.4 Å². The number of piperidine rings is 1. The molecular formula is C26H29N3O4. The van der Waals surface area contributed by atoms with E-state index in [1.165, 1.54) is 0 Å². The third kappa shape index (κ3) is 4.67. The summed E-state index contributed by atoms with van der Waals surface area (Å²) < 4.78 is 11.6. The lowest BCUT2D eigenvalue weighted by molar-refractivity contribution is -0.134. The molecule has 0 spiro atoms. The largest absolute Gasteiger partial charge is 0.497 e. The zero-order valence-corrected chi connectivity index (χ0v) is 18.8. The highest BCUT2D eigenvalue weighted by Crippen LogP contribution is 2.33. The molecule has 1 aromatic heterocycles. The maximum Gasteiger partial charge on any atom is 0.255 e. The van der Waals surface area contributed by atoms with Gasteiger partial charge in [-0.3, -0.25) is 9.59 Å². The zero-order chi connectivity index (χ0) is 22.8. The number of carbonyl (C=O) groups is 2. The minimum Gasteiger partial charge on any atom is -0.497 e. The van der Waals surface area contributed by atoms with Crippen molar-refractivity contribution in [2.24, 2.45) is 5.92 Å². The smallest absolute Gasteiger partial charge is 0.255 e. The number of benzene rings is 2. The Kier molecular flexibility index (Phi) is 5.94. The second-order valence-electron chi connectivity index (χ2n) is 8.82. The number of hydrogen-bond acceptors (Lipinski definition) is 4. The Morgan fingerprint density at radius 3 is 2.67 bits per heavy atom. The molecule has 2 aliphatic rings. The van der Waals surface area contributed by atoms with Crippen LogP contribution in [-0.2, 0) is 11.3 Å². The summed E-state index contributed by atoms with van der Waals surface area (Å²) in [6, 6.07) is 13.3. The Balaban J connectivity index is 1.26. The van der Waals surface area contributed by atoms with Gasteiger partial charge in [-0.15, -0.1) is 0 Å². The van der Waals surface area contributed by atoms with Crippen molar-refractivity contribution < 1.29 is 19.1 Å². The summed E-state index contributed by atoms with van der Waals surface area (Å²) in [6.45, 7) is 1.82. The lowest BCUT2D eigenvalue weighted by atomic mass is 10.1. The molecule has 0 bridgehead atoms. The Morgan fingerprint density at radius 2 is 1.91 bits per heavy atom. The summed E-state index contributed by atoms with van der Waals surface area (Å²) >= 11 is 0. The molecule has 1 saturated carbocycles. The predicted octanol–water partition coefficient (Wildman–Crippen LogP) is 3.89. The monoisotopic (exact) mass is 447 g/mol. The van der Waals surface area contributed by atoms with Gasteiger partial charge >= 0.3 is 0 Å². The summed E-state index contributed by atoms with van der Waals surface area (Å²) in [6.07, 6.45) is 5.45. The molecule has 172 valence electrons. The van der Waals surface area contributed by atoms with Gasteiger partial charge in [-0.2, -0.15) is 0 Å². The third-order valence-electron chi connectivity index (χ3n) is 6.53. The summed E-state index contributed by atoms with van der Waals surface area (Å²) in [5.41, 5.74) is 2.53. The number of nitrogens with zero attached hydrogens (tertiary/aromatic N) is 1. The van der Waals surface area contributed by atoms with Gasteiger partial charge < -0.3 is 24.7 Å². The van der Waals surface area contributed by atoms with Crippen molar-refractivity contribution in [3.05, 3.63) is 59.8 Å². The fourth-order valence-corrected chi connectivity index (χ4v) is 4.45. The average molecular weight is 448 g/mol. The molecule has 1 saturated heterocycles. The van der Waals surface area contributed by atoms with Crippen molar-refractivity contribution in [3.8, 4) is 11.5 Å². The molecule has 1 aliphatic heterocycles. The van der Waals surface area contributed by atoms with Crippen LogP contribution in [0.25, 0.3) is 10.9 Å². The number of H-pyrrole nitrogens is 1. The Morgan fingerprint density at radius 1 is 1.09 bits per heavy atom. The number of nitrogens with one attached hydrogen (secondary N) is 2. The number of likely N-dealkylation sites (tertiary alicyclic amines) is 1. The lowest BCUT2D eigenvalue weighted by Gasteiger charge is -2.32. The summed E-state index contributed by atoms with van der Waals surface area (Å²) in [7, 11) is 1.58. The number of hydrogen-bond donors (Lipinski definition) is 2. The molecule has 5 rings (SSSR count). The molecule has 1 aliphatic carbocycles. The molecular weight excluding hydrogens is 418 g/mol. The van der Waals surface area contributed by atoms with E-state index in [2.05, 4.69) is 10.3 Å². The maximum absolute atomic E-state index is 13.1. The maximum atomic E-state index is 13.1. The van der Waals surface area contributed by atoms with E-state index in [4.69, 9.17) is 9.47 Å². The summed E-state index contributed by atoms with van der Waals surface area (Å²) in [5, 5.41) is 4.12. The van der Waals surface area contributed by atoms with Crippen LogP contribution in [0.3, 0.4) is 0 Å². The molecule has 2 amide bonds. The van der Waals surface area contributed by atoms with Gasteiger partial charge in [0.25, 0.3) is 5.91 Å². The van der Waals surface area contributed by atoms with Gasteiger partial charge in [-0.05, 0) is 48.7 Å². The van der Waals surface area contributed by atoms with Crippen molar-refractivity contribution in [3.63, 3.8) is 0 Å². The van der Waals surface area contributed by atoms with Gasteiger partial charge in [0, 0.05) is 55.5 Å². The fourth-order valence-electron chi connectivity index (χ4n) is 4.45. The number of carbonyl (C=O) groups excluding carboxylic acids is 2. The minimum absolute atomic E-state index is 0.0261. The topological polar surface area (TPSA) is 83.7 Å². The van der Waals surface area contributed by atoms with E-state index in [9.17, 15) is 9.59 Å². The standard InChI is InChI=1S/C26H29N3O4/c1-32-20-7-8-24(33-19-10-13-29(14-11-19)26(31)17-5-6-17)22(15-20)25(30)28-16-18-3-2-4-23-21(18)9-12-27-23/h2-4,7-9,12,15,17,19,27H,5-6,10-11,13-14,16H2,1H3,(H,28,30). The Bertz CT molecular complexity index is 1160. The number of amides is 2. The Hall–Kier alpha value is -3.48. The second kappa shape index (κ2) is 9.17. The molecule has 0 unspecified atom stereocenters. The molecule has 2 heterocycles.